The minimum absolute atomic E-state index is 0.0238. The van der Waals surface area contributed by atoms with Gasteiger partial charge in [0, 0.05) is 49.2 Å². The Labute approximate surface area is 191 Å². The van der Waals surface area contributed by atoms with E-state index in [4.69, 9.17) is 16.3 Å². The fourth-order valence-electron chi connectivity index (χ4n) is 3.91. The molecule has 2 aliphatic rings. The Kier molecular flexibility index (Phi) is 6.56. The van der Waals surface area contributed by atoms with E-state index < -0.39 is 0 Å². The number of rotatable bonds is 5. The number of benzene rings is 1. The van der Waals surface area contributed by atoms with Crippen molar-refractivity contribution in [1.82, 2.24) is 9.88 Å². The van der Waals surface area contributed by atoms with E-state index in [9.17, 15) is 10.1 Å². The first-order chi connectivity index (χ1) is 14.9. The van der Waals surface area contributed by atoms with Crippen LogP contribution in [0.2, 0.25) is 5.02 Å². The van der Waals surface area contributed by atoms with Crippen LogP contribution in [-0.4, -0.2) is 60.9 Å². The van der Waals surface area contributed by atoms with Crippen LogP contribution in [0.5, 0.6) is 5.75 Å². The van der Waals surface area contributed by atoms with Gasteiger partial charge in [0.2, 0.25) is 0 Å². The van der Waals surface area contributed by atoms with E-state index in [0.717, 1.165) is 60.4 Å². The molecule has 9 heteroatoms. The lowest BCUT2D eigenvalue weighted by Gasteiger charge is -2.37. The standard InChI is InChI=1S/C22H24ClN5O2S/c1-14-9-15(2)25-22(17(14)12-24)31-8-7-27-3-5-28(6-4-27)19-11-16(23)10-18-21(19)30-13-20(29)26-18/h9-11H,3-8,13H2,1-2H3,(H,26,29). The molecule has 1 aromatic heterocycles. The molecule has 2 aromatic rings. The normalized spacial score (nSPS) is 16.3. The minimum atomic E-state index is -0.166. The number of aromatic nitrogens is 1. The van der Waals surface area contributed by atoms with Crippen LogP contribution in [0.25, 0.3) is 0 Å². The van der Waals surface area contributed by atoms with E-state index in [1.54, 1.807) is 17.8 Å². The molecule has 2 aliphatic heterocycles. The van der Waals surface area contributed by atoms with Crippen molar-refractivity contribution in [3.8, 4) is 11.8 Å². The van der Waals surface area contributed by atoms with Gasteiger partial charge >= 0.3 is 0 Å². The van der Waals surface area contributed by atoms with Crippen LogP contribution < -0.4 is 15.0 Å². The van der Waals surface area contributed by atoms with E-state index in [1.807, 2.05) is 26.0 Å². The number of ether oxygens (including phenoxy) is 1. The molecule has 1 fully saturated rings. The number of amides is 1. The highest BCUT2D eigenvalue weighted by atomic mass is 35.5. The van der Waals surface area contributed by atoms with Crippen LogP contribution in [0.1, 0.15) is 16.8 Å². The largest absolute Gasteiger partial charge is 0.479 e. The number of piperazine rings is 1. The number of thioether (sulfide) groups is 1. The smallest absolute Gasteiger partial charge is 0.262 e. The number of nitrogens with zero attached hydrogens (tertiary/aromatic N) is 4. The molecule has 0 unspecified atom stereocenters. The molecule has 0 aliphatic carbocycles. The van der Waals surface area contributed by atoms with Crippen molar-refractivity contribution < 1.29 is 9.53 Å². The van der Waals surface area contributed by atoms with Crippen molar-refractivity contribution in [3.63, 3.8) is 0 Å². The number of nitriles is 1. The number of anilines is 2. The fourth-order valence-corrected chi connectivity index (χ4v) is 5.22. The van der Waals surface area contributed by atoms with Crippen molar-refractivity contribution >= 4 is 40.6 Å². The second kappa shape index (κ2) is 9.35. The summed E-state index contributed by atoms with van der Waals surface area (Å²) in [4.78, 5) is 20.8. The molecule has 0 spiro atoms. The lowest BCUT2D eigenvalue weighted by molar-refractivity contribution is -0.118. The molecule has 1 saturated heterocycles. The van der Waals surface area contributed by atoms with E-state index in [-0.39, 0.29) is 12.5 Å². The van der Waals surface area contributed by atoms with E-state index >= 15 is 0 Å². The summed E-state index contributed by atoms with van der Waals surface area (Å²) < 4.78 is 5.69. The average molecular weight is 458 g/mol. The van der Waals surface area contributed by atoms with Crippen LogP contribution >= 0.6 is 23.4 Å². The highest BCUT2D eigenvalue weighted by Crippen LogP contribution is 2.41. The minimum Gasteiger partial charge on any atom is -0.479 e. The summed E-state index contributed by atoms with van der Waals surface area (Å²) in [7, 11) is 0. The number of halogens is 1. The van der Waals surface area contributed by atoms with E-state index in [0.29, 0.717) is 22.0 Å². The molecule has 4 rings (SSSR count). The predicted octanol–water partition coefficient (Wildman–Crippen LogP) is 3.47. The second-order valence-electron chi connectivity index (χ2n) is 7.69. The molecule has 0 saturated carbocycles. The van der Waals surface area contributed by atoms with Crippen LogP contribution in [0, 0.1) is 25.2 Å². The number of fused-ring (bicyclic) bond motifs is 1. The molecule has 7 nitrogen and oxygen atoms in total. The SMILES string of the molecule is Cc1cc(C)c(C#N)c(SCCN2CCN(c3cc(Cl)cc4c3OCC(=O)N4)CC2)n1. The number of nitrogens with one attached hydrogen (secondary N) is 1. The van der Waals surface area contributed by atoms with Gasteiger partial charge in [-0.25, -0.2) is 4.98 Å². The first-order valence-corrected chi connectivity index (χ1v) is 11.6. The Balaban J connectivity index is 1.34. The summed E-state index contributed by atoms with van der Waals surface area (Å²) in [6.07, 6.45) is 0. The third-order valence-corrected chi connectivity index (χ3v) is 6.61. The van der Waals surface area contributed by atoms with Crippen molar-refractivity contribution in [3.05, 3.63) is 40.0 Å². The number of carbonyl (C=O) groups excluding carboxylic acids is 1. The zero-order valence-corrected chi connectivity index (χ0v) is 19.1. The van der Waals surface area contributed by atoms with Crippen LogP contribution in [-0.2, 0) is 4.79 Å². The molecule has 1 amide bonds. The van der Waals surface area contributed by atoms with Crippen molar-refractivity contribution in [2.45, 2.75) is 18.9 Å². The van der Waals surface area contributed by atoms with Gasteiger partial charge in [-0.3, -0.25) is 9.69 Å². The molecule has 0 atom stereocenters. The lowest BCUT2D eigenvalue weighted by Crippen LogP contribution is -2.47. The topological polar surface area (TPSA) is 81.5 Å². The Bertz CT molecular complexity index is 1050. The van der Waals surface area contributed by atoms with Crippen LogP contribution in [0.4, 0.5) is 11.4 Å². The summed E-state index contributed by atoms with van der Waals surface area (Å²) in [5, 5.41) is 13.7. The zero-order valence-electron chi connectivity index (χ0n) is 17.6. The van der Waals surface area contributed by atoms with Crippen molar-refractivity contribution in [2.75, 3.05) is 55.3 Å². The molecule has 0 bridgehead atoms. The summed E-state index contributed by atoms with van der Waals surface area (Å²) in [5.74, 6) is 1.41. The molecule has 1 aromatic carbocycles. The van der Waals surface area contributed by atoms with E-state index in [2.05, 4.69) is 26.2 Å². The molecular formula is C22H24ClN5O2S. The predicted molar refractivity (Wildman–Crippen MR) is 123 cm³/mol. The Hall–Kier alpha value is -2.47. The van der Waals surface area contributed by atoms with Gasteiger partial charge < -0.3 is 15.0 Å². The van der Waals surface area contributed by atoms with Gasteiger partial charge in [0.15, 0.2) is 12.4 Å². The quantitative estimate of drug-likeness (QED) is 0.688. The zero-order chi connectivity index (χ0) is 22.0. The molecular weight excluding hydrogens is 434 g/mol. The van der Waals surface area contributed by atoms with Crippen LogP contribution in [0.3, 0.4) is 0 Å². The van der Waals surface area contributed by atoms with Gasteiger partial charge in [-0.05, 0) is 37.6 Å². The molecule has 3 heterocycles. The number of aryl methyl sites for hydroxylation is 2. The van der Waals surface area contributed by atoms with Gasteiger partial charge in [0.05, 0.1) is 16.9 Å². The third-order valence-electron chi connectivity index (χ3n) is 5.44. The summed E-state index contributed by atoms with van der Waals surface area (Å²) >= 11 is 7.92. The van der Waals surface area contributed by atoms with Gasteiger partial charge in [-0.2, -0.15) is 5.26 Å². The van der Waals surface area contributed by atoms with Gasteiger partial charge in [-0.15, -0.1) is 11.8 Å². The van der Waals surface area contributed by atoms with Crippen molar-refractivity contribution in [2.24, 2.45) is 0 Å². The maximum Gasteiger partial charge on any atom is 0.262 e. The monoisotopic (exact) mass is 457 g/mol. The molecule has 162 valence electrons. The second-order valence-corrected chi connectivity index (χ2v) is 9.21. The number of carbonyl (C=O) groups is 1. The first kappa shape index (κ1) is 21.8. The Morgan fingerprint density at radius 1 is 1.26 bits per heavy atom. The van der Waals surface area contributed by atoms with Gasteiger partial charge in [0.25, 0.3) is 5.91 Å². The summed E-state index contributed by atoms with van der Waals surface area (Å²) in [5.41, 5.74) is 4.16. The summed E-state index contributed by atoms with van der Waals surface area (Å²) in [6.45, 7) is 8.40. The summed E-state index contributed by atoms with van der Waals surface area (Å²) in [6, 6.07) is 7.86. The van der Waals surface area contributed by atoms with Gasteiger partial charge in [-0.1, -0.05) is 11.6 Å². The lowest BCUT2D eigenvalue weighted by atomic mass is 10.1. The van der Waals surface area contributed by atoms with Gasteiger partial charge in [0.1, 0.15) is 11.1 Å². The molecule has 1 N–H and O–H groups in total. The third kappa shape index (κ3) is 4.90. The Morgan fingerprint density at radius 2 is 2.03 bits per heavy atom. The van der Waals surface area contributed by atoms with Crippen LogP contribution in [0.15, 0.2) is 23.2 Å². The fraction of sp³-hybridized carbons (Fsp3) is 0.409. The first-order valence-electron chi connectivity index (χ1n) is 10.2. The number of hydrogen-bond donors (Lipinski definition) is 1. The Morgan fingerprint density at radius 3 is 2.77 bits per heavy atom. The average Bonchev–Trinajstić information content (AvgIpc) is 2.73. The maximum absolute atomic E-state index is 11.6. The maximum atomic E-state index is 11.6. The van der Waals surface area contributed by atoms with E-state index in [1.165, 1.54) is 0 Å². The molecule has 31 heavy (non-hydrogen) atoms. The highest BCUT2D eigenvalue weighted by molar-refractivity contribution is 7.99. The van der Waals surface area contributed by atoms with Crippen molar-refractivity contribution in [1.29, 1.82) is 5.26 Å². The number of hydrogen-bond acceptors (Lipinski definition) is 7. The number of pyridine rings is 1. The highest BCUT2D eigenvalue weighted by Gasteiger charge is 2.25. The molecule has 0 radical (unpaired) electrons.